The molecule has 8 heteroatoms. The maximum atomic E-state index is 12.0. The maximum absolute atomic E-state index is 12.0. The summed E-state index contributed by atoms with van der Waals surface area (Å²) in [5.74, 6) is -0.380. The average molecular weight is 372 g/mol. The van der Waals surface area contributed by atoms with Gasteiger partial charge >= 0.3 is 0 Å². The largest absolute Gasteiger partial charge is 0.352 e. The quantitative estimate of drug-likeness (QED) is 0.371. The van der Waals surface area contributed by atoms with Crippen molar-refractivity contribution in [3.8, 4) is 0 Å². The van der Waals surface area contributed by atoms with E-state index in [0.717, 1.165) is 17.3 Å². The van der Waals surface area contributed by atoms with Gasteiger partial charge in [-0.1, -0.05) is 35.5 Å². The zero-order valence-electron chi connectivity index (χ0n) is 14.4. The summed E-state index contributed by atoms with van der Waals surface area (Å²) in [6, 6.07) is 8.72. The zero-order chi connectivity index (χ0) is 18.9. The Labute approximate surface area is 155 Å². The lowest BCUT2D eigenvalue weighted by atomic mass is 10.2. The molecule has 7 nitrogen and oxygen atoms in total. The first-order valence-corrected chi connectivity index (χ1v) is 8.92. The van der Waals surface area contributed by atoms with Gasteiger partial charge in [-0.25, -0.2) is 4.98 Å². The number of H-pyrrole nitrogens is 1. The first kappa shape index (κ1) is 19.5. The maximum Gasteiger partial charge on any atom is 0.251 e. The Kier molecular flexibility index (Phi) is 7.16. The van der Waals surface area contributed by atoms with Gasteiger partial charge in [0.05, 0.1) is 17.9 Å². The Balaban J connectivity index is 1.93. The lowest BCUT2D eigenvalue weighted by Crippen LogP contribution is -2.26. The van der Waals surface area contributed by atoms with Crippen molar-refractivity contribution in [1.29, 1.82) is 0 Å². The molecule has 0 unspecified atom stereocenters. The van der Waals surface area contributed by atoms with E-state index in [2.05, 4.69) is 27.2 Å². The summed E-state index contributed by atoms with van der Waals surface area (Å²) in [6.45, 7) is 5.83. The summed E-state index contributed by atoms with van der Waals surface area (Å²) in [7, 11) is 0. The lowest BCUT2D eigenvalue weighted by Gasteiger charge is -2.06. The first-order chi connectivity index (χ1) is 12.5. The van der Waals surface area contributed by atoms with Gasteiger partial charge in [0.25, 0.3) is 5.56 Å². The molecule has 0 fully saturated rings. The molecule has 0 radical (unpaired) electrons. The van der Waals surface area contributed by atoms with Crippen LogP contribution in [0.1, 0.15) is 11.3 Å². The summed E-state index contributed by atoms with van der Waals surface area (Å²) >= 11 is 1.10. The van der Waals surface area contributed by atoms with Crippen molar-refractivity contribution in [3.05, 3.63) is 64.6 Å². The van der Waals surface area contributed by atoms with Gasteiger partial charge in [0.1, 0.15) is 0 Å². The minimum absolute atomic E-state index is 0.0130. The highest BCUT2D eigenvalue weighted by Gasteiger charge is 2.09. The molecule has 3 N–H and O–H groups in total. The number of aromatic nitrogens is 2. The molecule has 0 spiro atoms. The number of rotatable bonds is 8. The third-order valence-corrected chi connectivity index (χ3v) is 4.11. The van der Waals surface area contributed by atoms with Crippen LogP contribution in [0.25, 0.3) is 0 Å². The van der Waals surface area contributed by atoms with Crippen molar-refractivity contribution in [2.24, 2.45) is 0 Å². The average Bonchev–Trinajstić information content (AvgIpc) is 2.60. The highest BCUT2D eigenvalue weighted by atomic mass is 32.2. The minimum atomic E-state index is -0.368. The smallest absolute Gasteiger partial charge is 0.251 e. The van der Waals surface area contributed by atoms with E-state index >= 15 is 0 Å². The van der Waals surface area contributed by atoms with Gasteiger partial charge < -0.3 is 15.6 Å². The number of amides is 2. The molecular formula is C18H20N4O3S. The number of aryl methyl sites for hydroxylation is 1. The van der Waals surface area contributed by atoms with Gasteiger partial charge in [-0.3, -0.25) is 14.4 Å². The third-order valence-electron chi connectivity index (χ3n) is 3.23. The Morgan fingerprint density at radius 3 is 2.69 bits per heavy atom. The van der Waals surface area contributed by atoms with Crippen LogP contribution >= 0.6 is 11.8 Å². The fourth-order valence-corrected chi connectivity index (χ4v) is 2.72. The molecule has 2 aromatic rings. The normalized spacial score (nSPS) is 10.2. The summed E-state index contributed by atoms with van der Waals surface area (Å²) in [5.41, 5.74) is 1.79. The Morgan fingerprint density at radius 1 is 1.27 bits per heavy atom. The van der Waals surface area contributed by atoms with E-state index < -0.39 is 0 Å². The molecule has 1 aromatic carbocycles. The van der Waals surface area contributed by atoms with Crippen molar-refractivity contribution in [1.82, 2.24) is 15.3 Å². The molecule has 2 rings (SSSR count). The molecule has 0 saturated carbocycles. The van der Waals surface area contributed by atoms with Crippen LogP contribution in [0.15, 0.2) is 52.9 Å². The second-order valence-corrected chi connectivity index (χ2v) is 6.48. The summed E-state index contributed by atoms with van der Waals surface area (Å²) in [6.07, 6.45) is 1.55. The molecule has 0 saturated heterocycles. The van der Waals surface area contributed by atoms with Gasteiger partial charge in [-0.05, 0) is 19.1 Å². The predicted octanol–water partition coefficient (Wildman–Crippen LogP) is 1.65. The molecule has 0 aliphatic heterocycles. The van der Waals surface area contributed by atoms with Crippen LogP contribution in [0.5, 0.6) is 0 Å². The van der Waals surface area contributed by atoms with Crippen LogP contribution in [0.3, 0.4) is 0 Å². The molecule has 0 atom stereocenters. The fraction of sp³-hybridized carbons (Fsp3) is 0.222. The van der Waals surface area contributed by atoms with Crippen LogP contribution in [0.2, 0.25) is 0 Å². The minimum Gasteiger partial charge on any atom is -0.352 e. The molecule has 0 bridgehead atoms. The number of aromatic amines is 1. The molecule has 0 aliphatic carbocycles. The summed E-state index contributed by atoms with van der Waals surface area (Å²) in [4.78, 5) is 42.2. The highest BCUT2D eigenvalue weighted by Crippen LogP contribution is 2.13. The second kappa shape index (κ2) is 9.57. The number of carbonyl (C=O) groups is 2. The van der Waals surface area contributed by atoms with Crippen LogP contribution < -0.4 is 16.2 Å². The van der Waals surface area contributed by atoms with Crippen molar-refractivity contribution < 1.29 is 9.59 Å². The third kappa shape index (κ3) is 6.56. The predicted molar refractivity (Wildman–Crippen MR) is 102 cm³/mol. The van der Waals surface area contributed by atoms with Gasteiger partial charge in [0.15, 0.2) is 5.16 Å². The monoisotopic (exact) mass is 372 g/mol. The van der Waals surface area contributed by atoms with E-state index in [4.69, 9.17) is 0 Å². The number of carbonyl (C=O) groups excluding carboxylic acids is 2. The topological polar surface area (TPSA) is 104 Å². The van der Waals surface area contributed by atoms with Crippen molar-refractivity contribution in [2.75, 3.05) is 17.6 Å². The number of thioether (sulfide) groups is 1. The Hall–Kier alpha value is -2.87. The standard InChI is InChI=1S/C18H20N4O3S/c1-3-8-19-15(23)9-14-10-16(24)22-18(21-14)26-11-17(25)20-13-6-4-12(2)5-7-13/h3-7,10H,1,8-9,11H2,2H3,(H,19,23)(H,20,25)(H,21,22,24). The van der Waals surface area contributed by atoms with Crippen LogP contribution in [-0.2, 0) is 16.0 Å². The molecular weight excluding hydrogens is 352 g/mol. The number of anilines is 1. The zero-order valence-corrected chi connectivity index (χ0v) is 15.2. The summed E-state index contributed by atoms with van der Waals surface area (Å²) < 4.78 is 0. The molecule has 1 aromatic heterocycles. The molecule has 26 heavy (non-hydrogen) atoms. The molecule has 0 aliphatic rings. The molecule has 136 valence electrons. The molecule has 1 heterocycles. The van der Waals surface area contributed by atoms with Gasteiger partial charge in [-0.2, -0.15) is 0 Å². The number of nitrogens with one attached hydrogen (secondary N) is 3. The molecule has 2 amide bonds. The number of hydrogen-bond acceptors (Lipinski definition) is 5. The van der Waals surface area contributed by atoms with E-state index in [9.17, 15) is 14.4 Å². The van der Waals surface area contributed by atoms with E-state index in [1.807, 2.05) is 31.2 Å². The van der Waals surface area contributed by atoms with E-state index in [1.54, 1.807) is 6.08 Å². The van der Waals surface area contributed by atoms with Crippen molar-refractivity contribution in [3.63, 3.8) is 0 Å². The van der Waals surface area contributed by atoms with E-state index in [1.165, 1.54) is 6.07 Å². The SMILES string of the molecule is C=CCNC(=O)Cc1cc(=O)[nH]c(SCC(=O)Nc2ccc(C)cc2)n1. The summed E-state index contributed by atoms with van der Waals surface area (Å²) in [5, 5.41) is 5.69. The van der Waals surface area contributed by atoms with Crippen LogP contribution in [0, 0.1) is 6.92 Å². The fourth-order valence-electron chi connectivity index (χ4n) is 2.02. The Bertz CT molecular complexity index is 846. The second-order valence-electron chi connectivity index (χ2n) is 5.51. The van der Waals surface area contributed by atoms with Gasteiger partial charge in [-0.15, -0.1) is 6.58 Å². The number of hydrogen-bond donors (Lipinski definition) is 3. The van der Waals surface area contributed by atoms with Crippen molar-refractivity contribution in [2.45, 2.75) is 18.5 Å². The first-order valence-electron chi connectivity index (χ1n) is 7.93. The highest BCUT2D eigenvalue weighted by molar-refractivity contribution is 7.99. The van der Waals surface area contributed by atoms with E-state index in [0.29, 0.717) is 23.1 Å². The Morgan fingerprint density at radius 2 is 2.00 bits per heavy atom. The van der Waals surface area contributed by atoms with Gasteiger partial charge in [0.2, 0.25) is 11.8 Å². The van der Waals surface area contributed by atoms with E-state index in [-0.39, 0.29) is 29.5 Å². The van der Waals surface area contributed by atoms with Crippen LogP contribution in [-0.4, -0.2) is 34.1 Å². The van der Waals surface area contributed by atoms with Crippen molar-refractivity contribution >= 4 is 29.3 Å². The number of nitrogens with zero attached hydrogens (tertiary/aromatic N) is 1. The van der Waals surface area contributed by atoms with Crippen LogP contribution in [0.4, 0.5) is 5.69 Å². The lowest BCUT2D eigenvalue weighted by molar-refractivity contribution is -0.120. The number of benzene rings is 1. The van der Waals surface area contributed by atoms with Gasteiger partial charge in [0, 0.05) is 18.3 Å².